The predicted molar refractivity (Wildman–Crippen MR) is 218 cm³/mol. The molecule has 2 unspecified atom stereocenters. The van der Waals surface area contributed by atoms with Gasteiger partial charge in [-0.15, -0.1) is 0 Å². The molecule has 10 nitrogen and oxygen atoms in total. The van der Waals surface area contributed by atoms with Crippen molar-refractivity contribution in [3.05, 3.63) is 71.8 Å². The van der Waals surface area contributed by atoms with E-state index in [0.717, 1.165) is 11.1 Å². The van der Waals surface area contributed by atoms with Crippen LogP contribution in [0.25, 0.3) is 0 Å². The topological polar surface area (TPSA) is 123 Å². The van der Waals surface area contributed by atoms with Crippen molar-refractivity contribution in [1.82, 2.24) is 9.80 Å². The van der Waals surface area contributed by atoms with E-state index in [9.17, 15) is 24.3 Å². The molecule has 2 amide bonds. The van der Waals surface area contributed by atoms with Gasteiger partial charge in [-0.25, -0.2) is 0 Å². The minimum atomic E-state index is -2.13. The van der Waals surface area contributed by atoms with Crippen LogP contribution in [0.2, 0.25) is 18.1 Å². The zero-order valence-electron chi connectivity index (χ0n) is 36.1. The Morgan fingerprint density at radius 1 is 0.709 bits per heavy atom. The van der Waals surface area contributed by atoms with Crippen LogP contribution in [0.4, 0.5) is 0 Å². The lowest BCUT2D eigenvalue weighted by atomic mass is 9.79. The summed E-state index contributed by atoms with van der Waals surface area (Å²) in [6, 6.07) is 19.3. The molecule has 0 aromatic heterocycles. The molecule has 1 N–H and O–H groups in total. The summed E-state index contributed by atoms with van der Waals surface area (Å²) in [6.07, 6.45) is 0. The highest BCUT2D eigenvalue weighted by Gasteiger charge is 2.59. The van der Waals surface area contributed by atoms with Gasteiger partial charge in [-0.05, 0) is 84.6 Å². The van der Waals surface area contributed by atoms with E-state index in [4.69, 9.17) is 13.9 Å². The Bertz CT molecular complexity index is 1650. The van der Waals surface area contributed by atoms with Crippen molar-refractivity contribution < 1.29 is 38.2 Å². The lowest BCUT2D eigenvalue weighted by Crippen LogP contribution is -2.51. The third-order valence-corrected chi connectivity index (χ3v) is 16.2. The molecule has 0 radical (unpaired) electrons. The standard InChI is InChI=1S/C25H41NO4Si.C19H27NO4/c1-18-21(27)26(19(2)20-14-12-11-13-15-20)16-25(18,22(28)30-23(3,4)5)17-29-31(9,10)24(6,7)8;1-13-16(22)20(14(2)15-9-7-6-8-10-15)11-19(13,12-21)17(23)24-18(3,4)5/h11-15,18-19H,16-17H2,1-10H3;6-10,13-14,21H,11-12H2,1-5H3/t18?,19-,25+;13?,14-,19+/m11/s1. The number of carbonyl (C=O) groups is 4. The molecule has 0 spiro atoms. The van der Waals surface area contributed by atoms with E-state index in [1.54, 1.807) is 32.6 Å². The number of amides is 2. The van der Waals surface area contributed by atoms with Crippen LogP contribution in [0.15, 0.2) is 60.7 Å². The molecule has 2 aliphatic rings. The number of aliphatic hydroxyl groups is 1. The minimum absolute atomic E-state index is 0.00495. The fourth-order valence-corrected chi connectivity index (χ4v) is 7.79. The van der Waals surface area contributed by atoms with Gasteiger partial charge in [-0.3, -0.25) is 19.2 Å². The van der Waals surface area contributed by atoms with Crippen LogP contribution in [0.3, 0.4) is 0 Å². The fourth-order valence-electron chi connectivity index (χ4n) is 6.74. The van der Waals surface area contributed by atoms with Crippen molar-refractivity contribution >= 4 is 32.1 Å². The first-order chi connectivity index (χ1) is 25.1. The number of aliphatic hydroxyl groups excluding tert-OH is 1. The van der Waals surface area contributed by atoms with E-state index in [0.29, 0.717) is 6.54 Å². The molecule has 4 rings (SSSR count). The Morgan fingerprint density at radius 2 is 1.05 bits per heavy atom. The molecule has 55 heavy (non-hydrogen) atoms. The van der Waals surface area contributed by atoms with Crippen LogP contribution in [0.5, 0.6) is 0 Å². The quantitative estimate of drug-likeness (QED) is 0.190. The molecular formula is C44H68N2O8Si. The van der Waals surface area contributed by atoms with E-state index in [1.165, 1.54) is 0 Å². The molecule has 2 heterocycles. The van der Waals surface area contributed by atoms with Crippen LogP contribution in [-0.4, -0.2) is 84.5 Å². The molecule has 306 valence electrons. The lowest BCUT2D eigenvalue weighted by Gasteiger charge is -2.40. The number of benzene rings is 2. The highest BCUT2D eigenvalue weighted by molar-refractivity contribution is 6.74. The molecule has 2 aromatic rings. The van der Waals surface area contributed by atoms with Crippen LogP contribution in [0, 0.1) is 22.7 Å². The monoisotopic (exact) mass is 780 g/mol. The van der Waals surface area contributed by atoms with Gasteiger partial charge in [0.15, 0.2) is 8.32 Å². The molecule has 2 saturated heterocycles. The van der Waals surface area contributed by atoms with Gasteiger partial charge in [0.1, 0.15) is 22.0 Å². The number of likely N-dealkylation sites (tertiary alicyclic amines) is 2. The van der Waals surface area contributed by atoms with Gasteiger partial charge in [0.25, 0.3) is 0 Å². The average molecular weight is 781 g/mol. The largest absolute Gasteiger partial charge is 0.459 e. The summed E-state index contributed by atoms with van der Waals surface area (Å²) in [6.45, 7) is 29.5. The number of hydrogen-bond acceptors (Lipinski definition) is 8. The maximum absolute atomic E-state index is 13.5. The van der Waals surface area contributed by atoms with E-state index >= 15 is 0 Å². The summed E-state index contributed by atoms with van der Waals surface area (Å²) in [7, 11) is -2.13. The molecule has 11 heteroatoms. The van der Waals surface area contributed by atoms with E-state index in [2.05, 4.69) is 33.9 Å². The van der Waals surface area contributed by atoms with Gasteiger partial charge >= 0.3 is 11.9 Å². The molecule has 0 bridgehead atoms. The summed E-state index contributed by atoms with van der Waals surface area (Å²) in [5.74, 6) is -2.16. The Labute approximate surface area is 331 Å². The number of esters is 2. The van der Waals surface area contributed by atoms with Gasteiger partial charge in [-0.1, -0.05) is 95.3 Å². The van der Waals surface area contributed by atoms with Crippen molar-refractivity contribution in [2.24, 2.45) is 22.7 Å². The van der Waals surface area contributed by atoms with E-state index in [1.807, 2.05) is 107 Å². The van der Waals surface area contributed by atoms with Gasteiger partial charge in [0.2, 0.25) is 11.8 Å². The van der Waals surface area contributed by atoms with E-state index < -0.39 is 54.8 Å². The van der Waals surface area contributed by atoms with Gasteiger partial charge < -0.3 is 28.8 Å². The average Bonchev–Trinajstić information content (AvgIpc) is 3.51. The summed E-state index contributed by atoms with van der Waals surface area (Å²) in [5.41, 5.74) is -1.50. The number of ether oxygens (including phenoxy) is 2. The van der Waals surface area contributed by atoms with Crippen LogP contribution in [-0.2, 0) is 33.1 Å². The molecule has 2 aromatic carbocycles. The van der Waals surface area contributed by atoms with Crippen LogP contribution >= 0.6 is 0 Å². The Morgan fingerprint density at radius 3 is 1.40 bits per heavy atom. The maximum atomic E-state index is 13.5. The smallest absolute Gasteiger partial charge is 0.317 e. The Hall–Kier alpha value is -3.54. The molecular weight excluding hydrogens is 713 g/mol. The van der Waals surface area contributed by atoms with Crippen molar-refractivity contribution in [2.45, 2.75) is 131 Å². The first-order valence-electron chi connectivity index (χ1n) is 19.6. The summed E-state index contributed by atoms with van der Waals surface area (Å²) in [5, 5.41) is 9.97. The Kier molecular flexibility index (Phi) is 14.1. The molecule has 0 saturated carbocycles. The lowest BCUT2D eigenvalue weighted by molar-refractivity contribution is -0.173. The molecule has 2 aliphatic heterocycles. The highest BCUT2D eigenvalue weighted by Crippen LogP contribution is 2.46. The second kappa shape index (κ2) is 16.9. The predicted octanol–water partition coefficient (Wildman–Crippen LogP) is 8.12. The number of rotatable bonds is 10. The fraction of sp³-hybridized carbons (Fsp3) is 0.636. The van der Waals surface area contributed by atoms with Crippen molar-refractivity contribution in [3.8, 4) is 0 Å². The van der Waals surface area contributed by atoms with Crippen LogP contribution in [0.1, 0.15) is 113 Å². The number of hydrogen-bond donors (Lipinski definition) is 1. The van der Waals surface area contributed by atoms with E-state index in [-0.39, 0.29) is 48.1 Å². The van der Waals surface area contributed by atoms with Crippen molar-refractivity contribution in [2.75, 3.05) is 26.3 Å². The first-order valence-corrected chi connectivity index (χ1v) is 22.5. The summed E-state index contributed by atoms with van der Waals surface area (Å²) >= 11 is 0. The van der Waals surface area contributed by atoms with Crippen molar-refractivity contribution in [1.29, 1.82) is 0 Å². The maximum Gasteiger partial charge on any atom is 0.317 e. The summed E-state index contributed by atoms with van der Waals surface area (Å²) in [4.78, 5) is 55.9. The number of nitrogens with zero attached hydrogens (tertiary/aromatic N) is 2. The highest BCUT2D eigenvalue weighted by atomic mass is 28.4. The zero-order chi connectivity index (χ0) is 41.9. The Balaban J connectivity index is 0.000000305. The van der Waals surface area contributed by atoms with Gasteiger partial charge in [0, 0.05) is 13.1 Å². The minimum Gasteiger partial charge on any atom is -0.459 e. The molecule has 2 fully saturated rings. The third kappa shape index (κ3) is 10.3. The zero-order valence-corrected chi connectivity index (χ0v) is 37.1. The molecule has 0 aliphatic carbocycles. The first kappa shape index (κ1) is 45.8. The van der Waals surface area contributed by atoms with Crippen LogP contribution < -0.4 is 0 Å². The second-order valence-electron chi connectivity index (χ2n) is 19.1. The summed E-state index contributed by atoms with van der Waals surface area (Å²) < 4.78 is 17.9. The SMILES string of the molecule is CC1C(=O)N([C@H](C)c2ccccc2)C[C@@]1(CO)C(=O)OC(C)(C)C.CC1C(=O)N([C@H](C)c2ccccc2)C[C@@]1(CO[Si](C)(C)C(C)(C)C)C(=O)OC(C)(C)C. The number of carbonyl (C=O) groups excluding carboxylic acids is 4. The van der Waals surface area contributed by atoms with Gasteiger partial charge in [0.05, 0.1) is 37.1 Å². The van der Waals surface area contributed by atoms with Gasteiger partial charge in [-0.2, -0.15) is 0 Å². The third-order valence-electron chi connectivity index (χ3n) is 11.8. The van der Waals surface area contributed by atoms with Crippen molar-refractivity contribution in [3.63, 3.8) is 0 Å². The molecule has 6 atom stereocenters. The normalized spacial score (nSPS) is 24.6. The second-order valence-corrected chi connectivity index (χ2v) is 23.9.